The summed E-state index contributed by atoms with van der Waals surface area (Å²) in [6.07, 6.45) is 0. The Kier molecular flexibility index (Phi) is 3.36. The first-order valence-corrected chi connectivity index (χ1v) is 3.17. The van der Waals surface area contributed by atoms with Gasteiger partial charge in [-0.25, -0.2) is 10.2 Å². The number of carbonyl (C=O) groups excluding carboxylic acids is 2. The number of nitrogens with zero attached hydrogens (tertiary/aromatic N) is 2. The first-order chi connectivity index (χ1) is 4.95. The molecule has 5 heteroatoms. The molecule has 0 bridgehead atoms. The molecule has 0 atom stereocenters. The number of urea groups is 1. The number of hydrogen-bond donors (Lipinski definition) is 1. The van der Waals surface area contributed by atoms with Crippen LogP contribution in [0.25, 0.3) is 0 Å². The summed E-state index contributed by atoms with van der Waals surface area (Å²) < 4.78 is 0. The third-order valence-electron chi connectivity index (χ3n) is 1.14. The van der Waals surface area contributed by atoms with Gasteiger partial charge in [-0.15, -0.1) is 0 Å². The van der Waals surface area contributed by atoms with Crippen molar-refractivity contribution >= 4 is 11.9 Å². The molecule has 0 saturated carbocycles. The van der Waals surface area contributed by atoms with Crippen molar-refractivity contribution in [2.24, 2.45) is 0 Å². The summed E-state index contributed by atoms with van der Waals surface area (Å²) in [6, 6.07) is -0.317. The number of amides is 3. The van der Waals surface area contributed by atoms with Gasteiger partial charge in [-0.2, -0.15) is 0 Å². The van der Waals surface area contributed by atoms with Crippen molar-refractivity contribution in [3.63, 3.8) is 0 Å². The van der Waals surface area contributed by atoms with E-state index in [2.05, 4.69) is 5.43 Å². The lowest BCUT2D eigenvalue weighted by Gasteiger charge is -2.19. The topological polar surface area (TPSA) is 52.7 Å². The minimum absolute atomic E-state index is 0.208. The van der Waals surface area contributed by atoms with E-state index in [0.29, 0.717) is 0 Å². The Bertz CT molecular complexity index is 167. The molecule has 0 aliphatic rings. The van der Waals surface area contributed by atoms with E-state index in [1.807, 2.05) is 0 Å². The maximum absolute atomic E-state index is 10.9. The Balaban J connectivity index is 3.85. The van der Waals surface area contributed by atoms with Crippen LogP contribution in [-0.2, 0) is 4.79 Å². The minimum Gasteiger partial charge on any atom is -0.330 e. The lowest BCUT2D eigenvalue weighted by atomic mass is 10.7. The summed E-state index contributed by atoms with van der Waals surface area (Å²) in [7, 11) is 4.69. The van der Waals surface area contributed by atoms with Gasteiger partial charge < -0.3 is 4.90 Å². The van der Waals surface area contributed by atoms with Gasteiger partial charge in [0.15, 0.2) is 0 Å². The molecule has 3 amide bonds. The van der Waals surface area contributed by atoms with Gasteiger partial charge in [0.1, 0.15) is 0 Å². The van der Waals surface area contributed by atoms with Gasteiger partial charge in [-0.1, -0.05) is 0 Å². The van der Waals surface area contributed by atoms with E-state index in [1.165, 1.54) is 18.9 Å². The van der Waals surface area contributed by atoms with Crippen LogP contribution >= 0.6 is 0 Å². The molecule has 0 heterocycles. The normalized spacial score (nSPS) is 8.73. The first-order valence-electron chi connectivity index (χ1n) is 3.17. The average molecular weight is 159 g/mol. The Morgan fingerprint density at radius 3 is 1.91 bits per heavy atom. The zero-order chi connectivity index (χ0) is 9.02. The maximum atomic E-state index is 10.9. The van der Waals surface area contributed by atoms with Crippen molar-refractivity contribution in [3.8, 4) is 0 Å². The second kappa shape index (κ2) is 3.80. The third kappa shape index (κ3) is 3.44. The highest BCUT2D eigenvalue weighted by Crippen LogP contribution is 1.80. The van der Waals surface area contributed by atoms with Crippen molar-refractivity contribution in [1.29, 1.82) is 0 Å². The van der Waals surface area contributed by atoms with E-state index < -0.39 is 0 Å². The summed E-state index contributed by atoms with van der Waals surface area (Å²) >= 11 is 0. The number of hydrogen-bond acceptors (Lipinski definition) is 2. The highest BCUT2D eigenvalue weighted by molar-refractivity contribution is 5.79. The average Bonchev–Trinajstić information content (AvgIpc) is 1.87. The second-order valence-electron chi connectivity index (χ2n) is 2.39. The summed E-state index contributed by atoms with van der Waals surface area (Å²) in [5, 5.41) is 1.13. The standard InChI is InChI=1S/C6H13N3O2/c1-5(10)9(4)7-6(11)8(2)3/h1-4H3,(H,7,11). The van der Waals surface area contributed by atoms with Gasteiger partial charge in [0.05, 0.1) is 0 Å². The van der Waals surface area contributed by atoms with Crippen LogP contribution in [0.4, 0.5) is 4.79 Å². The molecule has 1 N–H and O–H groups in total. The van der Waals surface area contributed by atoms with Crippen LogP contribution in [0, 0.1) is 0 Å². The van der Waals surface area contributed by atoms with E-state index in [-0.39, 0.29) is 11.9 Å². The SMILES string of the molecule is CC(=O)N(C)NC(=O)N(C)C. The summed E-state index contributed by atoms with van der Waals surface area (Å²) in [5.41, 5.74) is 2.35. The van der Waals surface area contributed by atoms with Gasteiger partial charge in [0.25, 0.3) is 0 Å². The van der Waals surface area contributed by atoms with Crippen LogP contribution in [0.15, 0.2) is 0 Å². The highest BCUT2D eigenvalue weighted by Gasteiger charge is 2.07. The molecule has 0 spiro atoms. The molecule has 0 fully saturated rings. The monoisotopic (exact) mass is 159 g/mol. The zero-order valence-corrected chi connectivity index (χ0v) is 7.21. The zero-order valence-electron chi connectivity index (χ0n) is 7.21. The summed E-state index contributed by atoms with van der Waals surface area (Å²) in [6.45, 7) is 1.37. The van der Waals surface area contributed by atoms with E-state index in [9.17, 15) is 9.59 Å². The Morgan fingerprint density at radius 1 is 1.18 bits per heavy atom. The fraction of sp³-hybridized carbons (Fsp3) is 0.667. The van der Waals surface area contributed by atoms with Crippen molar-refractivity contribution in [1.82, 2.24) is 15.3 Å². The molecule has 11 heavy (non-hydrogen) atoms. The molecule has 0 saturated heterocycles. The lowest BCUT2D eigenvalue weighted by Crippen LogP contribution is -2.46. The second-order valence-corrected chi connectivity index (χ2v) is 2.39. The Hall–Kier alpha value is -1.26. The largest absolute Gasteiger partial charge is 0.335 e. The van der Waals surface area contributed by atoms with Crippen molar-refractivity contribution < 1.29 is 9.59 Å². The lowest BCUT2D eigenvalue weighted by molar-refractivity contribution is -0.129. The number of hydrazine groups is 1. The van der Waals surface area contributed by atoms with Gasteiger partial charge in [0.2, 0.25) is 5.91 Å². The van der Waals surface area contributed by atoms with E-state index in [4.69, 9.17) is 0 Å². The molecule has 0 unspecified atom stereocenters. The highest BCUT2D eigenvalue weighted by atomic mass is 16.2. The third-order valence-corrected chi connectivity index (χ3v) is 1.14. The van der Waals surface area contributed by atoms with Crippen LogP contribution in [0.1, 0.15) is 6.92 Å². The van der Waals surface area contributed by atoms with Crippen molar-refractivity contribution in [3.05, 3.63) is 0 Å². The van der Waals surface area contributed by atoms with E-state index >= 15 is 0 Å². The van der Waals surface area contributed by atoms with Crippen LogP contribution in [0.5, 0.6) is 0 Å². The molecule has 0 aromatic heterocycles. The van der Waals surface area contributed by atoms with Crippen molar-refractivity contribution in [2.75, 3.05) is 21.1 Å². The van der Waals surface area contributed by atoms with Crippen LogP contribution in [0.2, 0.25) is 0 Å². The van der Waals surface area contributed by atoms with Gasteiger partial charge >= 0.3 is 6.03 Å². The molecule has 0 aliphatic carbocycles. The molecular formula is C6H13N3O2. The molecule has 0 aromatic carbocycles. The Labute approximate surface area is 65.9 Å². The fourth-order valence-corrected chi connectivity index (χ4v) is 0.322. The van der Waals surface area contributed by atoms with Gasteiger partial charge in [-0.05, 0) is 0 Å². The molecule has 5 nitrogen and oxygen atoms in total. The van der Waals surface area contributed by atoms with Crippen LogP contribution in [-0.4, -0.2) is 43.0 Å². The molecule has 64 valence electrons. The van der Waals surface area contributed by atoms with Crippen molar-refractivity contribution in [2.45, 2.75) is 6.92 Å². The molecule has 0 aromatic rings. The molecule has 0 aliphatic heterocycles. The van der Waals surface area contributed by atoms with Crippen LogP contribution < -0.4 is 5.43 Å². The quantitative estimate of drug-likeness (QED) is 0.491. The summed E-state index contributed by atoms with van der Waals surface area (Å²) in [4.78, 5) is 22.8. The smallest absolute Gasteiger partial charge is 0.330 e. The molecular weight excluding hydrogens is 146 g/mol. The minimum atomic E-state index is -0.317. The number of nitrogens with one attached hydrogen (secondary N) is 1. The molecule has 0 rings (SSSR count). The van der Waals surface area contributed by atoms with Crippen LogP contribution in [0.3, 0.4) is 0 Å². The predicted octanol–water partition coefficient (Wildman–Crippen LogP) is -0.349. The first kappa shape index (κ1) is 9.74. The molecule has 0 radical (unpaired) electrons. The van der Waals surface area contributed by atoms with E-state index in [1.54, 1.807) is 14.1 Å². The maximum Gasteiger partial charge on any atom is 0.335 e. The van der Waals surface area contributed by atoms with Gasteiger partial charge in [-0.3, -0.25) is 9.80 Å². The van der Waals surface area contributed by atoms with Gasteiger partial charge in [0, 0.05) is 28.1 Å². The van der Waals surface area contributed by atoms with E-state index in [0.717, 1.165) is 5.01 Å². The predicted molar refractivity (Wildman–Crippen MR) is 40.7 cm³/mol. The number of rotatable bonds is 0. The Morgan fingerprint density at radius 2 is 1.64 bits per heavy atom. The summed E-state index contributed by atoms with van der Waals surface area (Å²) in [5.74, 6) is -0.208. The fourth-order valence-electron chi connectivity index (χ4n) is 0.322. The number of carbonyl (C=O) groups is 2.